The lowest BCUT2D eigenvalue weighted by Gasteiger charge is -2.20. The van der Waals surface area contributed by atoms with Crippen molar-refractivity contribution < 1.29 is 23.8 Å². The summed E-state index contributed by atoms with van der Waals surface area (Å²) in [6, 6.07) is 10.6. The number of esters is 1. The van der Waals surface area contributed by atoms with Gasteiger partial charge in [0.1, 0.15) is 15.9 Å². The van der Waals surface area contributed by atoms with Crippen molar-refractivity contribution in [2.75, 3.05) is 13.2 Å². The van der Waals surface area contributed by atoms with E-state index in [0.717, 1.165) is 6.08 Å². The summed E-state index contributed by atoms with van der Waals surface area (Å²) in [5.74, 6) is -0.456. The number of aryl methyl sites for hydroxylation is 1. The van der Waals surface area contributed by atoms with Crippen LogP contribution in [0.3, 0.4) is 0 Å². The first kappa shape index (κ1) is 26.9. The summed E-state index contributed by atoms with van der Waals surface area (Å²) >= 11 is 6.03. The Morgan fingerprint density at radius 2 is 1.86 bits per heavy atom. The molecule has 1 aliphatic carbocycles. The van der Waals surface area contributed by atoms with Crippen molar-refractivity contribution in [1.29, 1.82) is 0 Å². The Kier molecular flexibility index (Phi) is 8.24. The maximum Gasteiger partial charge on any atom is 0.338 e. The monoisotopic (exact) mass is 821 g/mol. The molecule has 36 heavy (non-hydrogen) atoms. The molecule has 0 saturated heterocycles. The van der Waals surface area contributed by atoms with Crippen LogP contribution in [0.2, 0.25) is 0 Å². The average Bonchev–Trinajstić information content (AvgIpc) is 2.87. The highest BCUT2D eigenvalue weighted by Crippen LogP contribution is 2.46. The number of fused-ring (bicyclic) bond motifs is 2. The summed E-state index contributed by atoms with van der Waals surface area (Å²) in [6.45, 7) is 5.26. The van der Waals surface area contributed by atoms with Crippen molar-refractivity contribution in [3.05, 3.63) is 81.1 Å². The molecule has 184 valence electrons. The molecule has 4 rings (SSSR count). The number of amides is 1. The van der Waals surface area contributed by atoms with Crippen molar-refractivity contribution in [3.63, 3.8) is 0 Å². The molecule has 0 atom stereocenters. The van der Waals surface area contributed by atoms with Crippen LogP contribution in [0, 0.1) is 17.6 Å². The number of hydrogen-bond donors (Lipinski definition) is 2. The number of aromatic hydroxyl groups is 1. The summed E-state index contributed by atoms with van der Waals surface area (Å²) in [5.41, 5.74) is 3.08. The maximum absolute atomic E-state index is 13.1. The van der Waals surface area contributed by atoms with Crippen molar-refractivity contribution in [2.24, 2.45) is 0 Å². The lowest BCUT2D eigenvalue weighted by Crippen LogP contribution is -2.26. The molecule has 0 radical (unpaired) electrons. The van der Waals surface area contributed by atoms with Crippen molar-refractivity contribution >= 4 is 90.6 Å². The molecule has 0 aromatic heterocycles. The standard InChI is InChI=1S/C26H18I3NO6/c1-3-18(31)30-8-9-35-26(34)14-7-5-4-6-13(14)19-15-10-12(2)22(32)20(28)24(15)36-25-16(19)11-17(27)23(33)21(25)29/h3-7,10-11,33H,1,8-9H2,2H3,(H,30,31). The van der Waals surface area contributed by atoms with E-state index in [-0.39, 0.29) is 30.2 Å². The highest BCUT2D eigenvalue weighted by Gasteiger charge is 2.27. The first-order valence-corrected chi connectivity index (χ1v) is 13.8. The first-order valence-electron chi connectivity index (χ1n) is 10.6. The van der Waals surface area contributed by atoms with Crippen LogP contribution in [0.4, 0.5) is 0 Å². The number of hydrogen-bond acceptors (Lipinski definition) is 6. The van der Waals surface area contributed by atoms with Gasteiger partial charge in [0.15, 0.2) is 16.8 Å². The molecule has 0 unspecified atom stereocenters. The fourth-order valence-electron chi connectivity index (χ4n) is 3.79. The third-order valence-electron chi connectivity index (χ3n) is 5.49. The van der Waals surface area contributed by atoms with Gasteiger partial charge in [0.2, 0.25) is 5.91 Å². The normalized spacial score (nSPS) is 11.0. The number of benzene rings is 3. The van der Waals surface area contributed by atoms with Gasteiger partial charge in [-0.3, -0.25) is 9.59 Å². The van der Waals surface area contributed by atoms with Gasteiger partial charge in [0, 0.05) is 16.5 Å². The molecule has 2 aliphatic rings. The number of halogens is 3. The molecule has 0 spiro atoms. The lowest BCUT2D eigenvalue weighted by molar-refractivity contribution is -0.116. The summed E-state index contributed by atoms with van der Waals surface area (Å²) < 4.78 is 13.2. The van der Waals surface area contributed by atoms with Gasteiger partial charge >= 0.3 is 5.97 Å². The number of rotatable bonds is 6. The Labute approximate surface area is 247 Å². The van der Waals surface area contributed by atoms with Gasteiger partial charge in [0.25, 0.3) is 0 Å². The van der Waals surface area contributed by atoms with Crippen molar-refractivity contribution in [2.45, 2.75) is 6.92 Å². The molecule has 7 nitrogen and oxygen atoms in total. The predicted molar refractivity (Wildman–Crippen MR) is 163 cm³/mol. The smallest absolute Gasteiger partial charge is 0.338 e. The Bertz CT molecular complexity index is 1580. The second kappa shape index (κ2) is 11.0. The zero-order valence-electron chi connectivity index (χ0n) is 18.8. The Balaban J connectivity index is 1.96. The van der Waals surface area contributed by atoms with Crippen LogP contribution in [-0.4, -0.2) is 30.1 Å². The van der Waals surface area contributed by atoms with Crippen LogP contribution < -0.4 is 10.7 Å². The zero-order chi connectivity index (χ0) is 26.1. The van der Waals surface area contributed by atoms with E-state index >= 15 is 0 Å². The third kappa shape index (κ3) is 4.98. The summed E-state index contributed by atoms with van der Waals surface area (Å²) in [5, 5.41) is 13.8. The first-order chi connectivity index (χ1) is 17.1. The minimum absolute atomic E-state index is 0.0153. The van der Waals surface area contributed by atoms with Crippen LogP contribution >= 0.6 is 67.8 Å². The van der Waals surface area contributed by atoms with Gasteiger partial charge in [-0.2, -0.15) is 0 Å². The van der Waals surface area contributed by atoms with Gasteiger partial charge in [0.05, 0.1) is 19.2 Å². The average molecular weight is 821 g/mol. The van der Waals surface area contributed by atoms with Gasteiger partial charge in [-0.15, -0.1) is 0 Å². The van der Waals surface area contributed by atoms with E-state index in [0.29, 0.717) is 55.3 Å². The quantitative estimate of drug-likeness (QED) is 0.0832. The number of nitrogens with one attached hydrogen (secondary N) is 1. The van der Waals surface area contributed by atoms with Crippen molar-refractivity contribution in [3.8, 4) is 28.2 Å². The minimum atomic E-state index is -0.560. The van der Waals surface area contributed by atoms with Crippen molar-refractivity contribution in [1.82, 2.24) is 5.32 Å². The summed E-state index contributed by atoms with van der Waals surface area (Å²) in [7, 11) is 0. The molecule has 0 bridgehead atoms. The Morgan fingerprint density at radius 1 is 1.14 bits per heavy atom. The molecule has 2 aromatic carbocycles. The number of ether oxygens (including phenoxy) is 1. The van der Waals surface area contributed by atoms with E-state index in [1.54, 1.807) is 31.2 Å². The van der Waals surface area contributed by atoms with Gasteiger partial charge < -0.3 is 19.6 Å². The molecule has 1 amide bonds. The molecule has 0 saturated carbocycles. The highest BCUT2D eigenvalue weighted by atomic mass is 127. The third-order valence-corrected chi connectivity index (χ3v) is 8.29. The molecule has 2 aromatic rings. The number of phenolic OH excluding ortho intramolecular Hbond substituents is 1. The fraction of sp³-hybridized carbons (Fsp3) is 0.115. The Hall–Kier alpha value is -2.20. The van der Waals surface area contributed by atoms with E-state index < -0.39 is 5.97 Å². The predicted octanol–water partition coefficient (Wildman–Crippen LogP) is 5.85. The second-order valence-electron chi connectivity index (χ2n) is 7.76. The van der Waals surface area contributed by atoms with E-state index in [4.69, 9.17) is 9.15 Å². The molecule has 1 heterocycles. The van der Waals surface area contributed by atoms with E-state index in [1.807, 2.05) is 79.9 Å². The highest BCUT2D eigenvalue weighted by molar-refractivity contribution is 14.1. The Morgan fingerprint density at radius 3 is 2.58 bits per heavy atom. The zero-order valence-corrected chi connectivity index (χ0v) is 25.3. The molecule has 10 heteroatoms. The largest absolute Gasteiger partial charge is 0.506 e. The molecular formula is C26H18I3NO6. The number of phenols is 1. The van der Waals surface area contributed by atoms with Crippen LogP contribution in [-0.2, 0) is 9.53 Å². The minimum Gasteiger partial charge on any atom is -0.506 e. The van der Waals surface area contributed by atoms with E-state index in [2.05, 4.69) is 11.9 Å². The molecular weight excluding hydrogens is 803 g/mol. The SMILES string of the molecule is C=CC(=O)NCCOC(=O)c1ccccc1-c1c2cc(C)c(=O)c(I)c-2oc2c(I)c(O)c(I)cc12. The lowest BCUT2D eigenvalue weighted by atomic mass is 9.90. The van der Waals surface area contributed by atoms with Gasteiger partial charge in [-0.1, -0.05) is 24.8 Å². The van der Waals surface area contributed by atoms with E-state index in [9.17, 15) is 19.5 Å². The van der Waals surface area contributed by atoms with Gasteiger partial charge in [-0.25, -0.2) is 4.79 Å². The number of carbonyl (C=O) groups is 2. The van der Waals surface area contributed by atoms with Crippen LogP contribution in [0.25, 0.3) is 33.4 Å². The van der Waals surface area contributed by atoms with Gasteiger partial charge in [-0.05, 0) is 110 Å². The summed E-state index contributed by atoms with van der Waals surface area (Å²) in [4.78, 5) is 37.2. The second-order valence-corrected chi connectivity index (χ2v) is 11.1. The molecule has 0 fully saturated rings. The molecule has 1 aliphatic heterocycles. The number of carbonyl (C=O) groups excluding carboxylic acids is 2. The van der Waals surface area contributed by atoms with E-state index in [1.165, 1.54) is 0 Å². The topological polar surface area (TPSA) is 106 Å². The maximum atomic E-state index is 13.1. The molecule has 2 N–H and O–H groups in total. The van der Waals surface area contributed by atoms with Crippen LogP contribution in [0.15, 0.2) is 58.3 Å². The van der Waals surface area contributed by atoms with Crippen LogP contribution in [0.5, 0.6) is 5.75 Å². The fourth-order valence-corrected chi connectivity index (χ4v) is 6.40. The van der Waals surface area contributed by atoms with Crippen LogP contribution in [0.1, 0.15) is 15.9 Å². The summed E-state index contributed by atoms with van der Waals surface area (Å²) in [6.07, 6.45) is 1.14.